The first-order valence-electron chi connectivity index (χ1n) is 8.62. The molecule has 0 spiro atoms. The van der Waals surface area contributed by atoms with E-state index in [9.17, 15) is 9.59 Å². The summed E-state index contributed by atoms with van der Waals surface area (Å²) in [4.78, 5) is 29.3. The molecule has 1 aliphatic rings. The van der Waals surface area contributed by atoms with Crippen molar-refractivity contribution in [1.82, 2.24) is 5.01 Å². The summed E-state index contributed by atoms with van der Waals surface area (Å²) in [7, 11) is 1.81. The minimum atomic E-state index is -0.538. The zero-order valence-electron chi connectivity index (χ0n) is 15.1. The predicted molar refractivity (Wildman–Crippen MR) is 103 cm³/mol. The molecule has 2 aromatic carbocycles. The van der Waals surface area contributed by atoms with Gasteiger partial charge >= 0.3 is 6.03 Å². The lowest BCUT2D eigenvalue weighted by Crippen LogP contribution is -2.38. The number of carbonyl (C=O) groups excluding carboxylic acids is 2. The number of nitrogens with zero attached hydrogens (tertiary/aromatic N) is 3. The third kappa shape index (κ3) is 3.36. The van der Waals surface area contributed by atoms with Crippen LogP contribution in [0.15, 0.2) is 59.6 Å². The molecule has 1 N–H and O–H groups in total. The van der Waals surface area contributed by atoms with Crippen LogP contribution in [0.1, 0.15) is 19.4 Å². The summed E-state index contributed by atoms with van der Waals surface area (Å²) in [5.41, 5.74) is 2.71. The average molecular weight is 350 g/mol. The Kier molecular flexibility index (Phi) is 5.14. The Morgan fingerprint density at radius 3 is 2.46 bits per heavy atom. The molecule has 1 unspecified atom stereocenters. The minimum absolute atomic E-state index is 0.225. The van der Waals surface area contributed by atoms with E-state index in [1.807, 2.05) is 75.5 Å². The van der Waals surface area contributed by atoms with E-state index in [2.05, 4.69) is 10.3 Å². The SMILES string of the molecule is CCc1ccccc1NC(=O)N=C1C(=O)N(c2ccccc2)N(C)C1C. The van der Waals surface area contributed by atoms with E-state index in [0.717, 1.165) is 23.4 Å². The Bertz CT molecular complexity index is 848. The van der Waals surface area contributed by atoms with Crippen LogP contribution in [-0.2, 0) is 11.2 Å². The average Bonchev–Trinajstić information content (AvgIpc) is 2.86. The molecule has 1 heterocycles. The van der Waals surface area contributed by atoms with Crippen molar-refractivity contribution < 1.29 is 9.59 Å². The lowest BCUT2D eigenvalue weighted by Gasteiger charge is -2.25. The first kappa shape index (κ1) is 17.8. The molecule has 0 aromatic heterocycles. The molecule has 26 heavy (non-hydrogen) atoms. The molecule has 2 aromatic rings. The number of hydrogen-bond donors (Lipinski definition) is 1. The maximum atomic E-state index is 12.8. The highest BCUT2D eigenvalue weighted by atomic mass is 16.2. The molecule has 0 aliphatic carbocycles. The van der Waals surface area contributed by atoms with Crippen molar-refractivity contribution in [1.29, 1.82) is 0 Å². The van der Waals surface area contributed by atoms with Crippen molar-refractivity contribution in [2.45, 2.75) is 26.3 Å². The number of rotatable bonds is 3. The first-order chi connectivity index (χ1) is 12.5. The van der Waals surface area contributed by atoms with Crippen LogP contribution >= 0.6 is 0 Å². The fourth-order valence-corrected chi connectivity index (χ4v) is 2.99. The van der Waals surface area contributed by atoms with Crippen LogP contribution in [-0.4, -0.2) is 35.7 Å². The van der Waals surface area contributed by atoms with Crippen LogP contribution in [0, 0.1) is 0 Å². The normalized spacial score (nSPS) is 19.2. The number of nitrogens with one attached hydrogen (secondary N) is 1. The van der Waals surface area contributed by atoms with Gasteiger partial charge in [0.25, 0.3) is 5.91 Å². The van der Waals surface area contributed by atoms with Gasteiger partial charge in [0.2, 0.25) is 0 Å². The molecule has 1 saturated heterocycles. The zero-order valence-corrected chi connectivity index (χ0v) is 15.1. The Balaban J connectivity index is 1.84. The zero-order chi connectivity index (χ0) is 18.7. The van der Waals surface area contributed by atoms with Crippen LogP contribution in [0.2, 0.25) is 0 Å². The van der Waals surface area contributed by atoms with Crippen LogP contribution in [0.5, 0.6) is 0 Å². The second kappa shape index (κ2) is 7.49. The van der Waals surface area contributed by atoms with Crippen molar-refractivity contribution in [3.05, 3.63) is 60.2 Å². The molecule has 1 aliphatic heterocycles. The lowest BCUT2D eigenvalue weighted by atomic mass is 10.1. The van der Waals surface area contributed by atoms with Gasteiger partial charge in [0.05, 0.1) is 11.7 Å². The van der Waals surface area contributed by atoms with E-state index in [1.54, 1.807) is 5.01 Å². The summed E-state index contributed by atoms with van der Waals surface area (Å²) in [5.74, 6) is -0.287. The van der Waals surface area contributed by atoms with Gasteiger partial charge in [-0.05, 0) is 37.1 Å². The van der Waals surface area contributed by atoms with E-state index in [0.29, 0.717) is 0 Å². The molecule has 0 bridgehead atoms. The number of urea groups is 1. The number of benzene rings is 2. The Hall–Kier alpha value is -2.99. The van der Waals surface area contributed by atoms with Gasteiger partial charge in [0.15, 0.2) is 0 Å². The van der Waals surface area contributed by atoms with Crippen LogP contribution in [0.4, 0.5) is 16.2 Å². The van der Waals surface area contributed by atoms with Crippen molar-refractivity contribution in [3.63, 3.8) is 0 Å². The number of para-hydroxylation sites is 2. The van der Waals surface area contributed by atoms with E-state index < -0.39 is 6.03 Å². The van der Waals surface area contributed by atoms with E-state index in [1.165, 1.54) is 5.01 Å². The third-order valence-corrected chi connectivity index (χ3v) is 4.55. The predicted octanol–water partition coefficient (Wildman–Crippen LogP) is 3.50. The number of aryl methyl sites for hydroxylation is 1. The molecule has 3 rings (SSSR count). The van der Waals surface area contributed by atoms with Gasteiger partial charge in [0.1, 0.15) is 5.71 Å². The van der Waals surface area contributed by atoms with Gasteiger partial charge in [-0.1, -0.05) is 43.3 Å². The second-order valence-electron chi connectivity index (χ2n) is 6.14. The lowest BCUT2D eigenvalue weighted by molar-refractivity contribution is -0.113. The topological polar surface area (TPSA) is 65.0 Å². The van der Waals surface area contributed by atoms with Crippen molar-refractivity contribution in [3.8, 4) is 0 Å². The highest BCUT2D eigenvalue weighted by Gasteiger charge is 2.40. The second-order valence-corrected chi connectivity index (χ2v) is 6.14. The van der Waals surface area contributed by atoms with Gasteiger partial charge in [-0.2, -0.15) is 4.99 Å². The number of hydrazine groups is 1. The molecule has 3 amide bonds. The third-order valence-electron chi connectivity index (χ3n) is 4.55. The monoisotopic (exact) mass is 350 g/mol. The van der Waals surface area contributed by atoms with Crippen LogP contribution < -0.4 is 10.3 Å². The molecule has 1 atom stereocenters. The molecule has 0 radical (unpaired) electrons. The highest BCUT2D eigenvalue weighted by Crippen LogP contribution is 2.24. The molecule has 6 nitrogen and oxygen atoms in total. The van der Waals surface area contributed by atoms with Gasteiger partial charge in [0, 0.05) is 12.7 Å². The molecule has 134 valence electrons. The van der Waals surface area contributed by atoms with Gasteiger partial charge < -0.3 is 5.32 Å². The Morgan fingerprint density at radius 1 is 1.12 bits per heavy atom. The van der Waals surface area contributed by atoms with Gasteiger partial charge in [-0.3, -0.25) is 4.79 Å². The molecule has 1 fully saturated rings. The smallest absolute Gasteiger partial charge is 0.306 e. The van der Waals surface area contributed by atoms with Crippen LogP contribution in [0.25, 0.3) is 0 Å². The van der Waals surface area contributed by atoms with Crippen molar-refractivity contribution in [2.24, 2.45) is 4.99 Å². The van der Waals surface area contributed by atoms with Gasteiger partial charge in [-0.25, -0.2) is 14.8 Å². The largest absolute Gasteiger partial charge is 0.345 e. The number of hydrogen-bond acceptors (Lipinski definition) is 3. The molecular weight excluding hydrogens is 328 g/mol. The highest BCUT2D eigenvalue weighted by molar-refractivity contribution is 6.48. The Labute approximate surface area is 153 Å². The number of anilines is 2. The fraction of sp³-hybridized carbons (Fsp3) is 0.250. The van der Waals surface area contributed by atoms with Crippen LogP contribution in [0.3, 0.4) is 0 Å². The summed E-state index contributed by atoms with van der Waals surface area (Å²) in [6.45, 7) is 3.87. The maximum absolute atomic E-state index is 12.8. The van der Waals surface area contributed by atoms with Gasteiger partial charge in [-0.15, -0.1) is 0 Å². The summed E-state index contributed by atoms with van der Waals surface area (Å²) in [6.07, 6.45) is 0.798. The van der Waals surface area contributed by atoms with E-state index in [-0.39, 0.29) is 17.7 Å². The number of carbonyl (C=O) groups is 2. The number of amides is 3. The summed E-state index contributed by atoms with van der Waals surface area (Å²) in [6, 6.07) is 16.1. The molecule has 0 saturated carbocycles. The quantitative estimate of drug-likeness (QED) is 0.921. The fourth-order valence-electron chi connectivity index (χ4n) is 2.99. The summed E-state index contributed by atoms with van der Waals surface area (Å²) >= 11 is 0. The van der Waals surface area contributed by atoms with E-state index >= 15 is 0 Å². The first-order valence-corrected chi connectivity index (χ1v) is 8.62. The summed E-state index contributed by atoms with van der Waals surface area (Å²) < 4.78 is 0. The van der Waals surface area contributed by atoms with Crippen molar-refractivity contribution >= 4 is 29.0 Å². The maximum Gasteiger partial charge on any atom is 0.345 e. The number of aliphatic imine (C=N–C) groups is 1. The molecular formula is C20H22N4O2. The summed E-state index contributed by atoms with van der Waals surface area (Å²) in [5, 5.41) is 6.10. The van der Waals surface area contributed by atoms with Crippen molar-refractivity contribution in [2.75, 3.05) is 17.4 Å². The standard InChI is InChI=1S/C20H22N4O2/c1-4-15-10-8-9-13-17(15)21-20(26)22-18-14(2)23(3)24(19(18)25)16-11-6-5-7-12-16/h5-14H,4H2,1-3H3,(H,21,26). The minimum Gasteiger partial charge on any atom is -0.306 e. The van der Waals surface area contributed by atoms with E-state index in [4.69, 9.17) is 0 Å². The Morgan fingerprint density at radius 2 is 1.77 bits per heavy atom. The molecule has 6 heteroatoms.